The van der Waals surface area contributed by atoms with E-state index in [2.05, 4.69) is 14.8 Å². The topological polar surface area (TPSA) is 78.2 Å². The van der Waals surface area contributed by atoms with Gasteiger partial charge in [0, 0.05) is 51.4 Å². The van der Waals surface area contributed by atoms with Crippen molar-refractivity contribution < 1.29 is 9.59 Å². The zero-order valence-corrected chi connectivity index (χ0v) is 17.1. The van der Waals surface area contributed by atoms with E-state index in [9.17, 15) is 14.4 Å². The van der Waals surface area contributed by atoms with E-state index in [1.807, 2.05) is 18.2 Å². The highest BCUT2D eigenvalue weighted by atomic mass is 16.2. The molecule has 3 aliphatic rings. The van der Waals surface area contributed by atoms with Crippen molar-refractivity contribution in [3.8, 4) is 0 Å². The Morgan fingerprint density at radius 1 is 0.967 bits per heavy atom. The van der Waals surface area contributed by atoms with Crippen LogP contribution in [0.15, 0.2) is 35.3 Å². The van der Waals surface area contributed by atoms with E-state index in [4.69, 9.17) is 0 Å². The van der Waals surface area contributed by atoms with Gasteiger partial charge in [0.2, 0.25) is 11.8 Å². The van der Waals surface area contributed by atoms with Gasteiger partial charge in [-0.25, -0.2) is 4.98 Å². The fourth-order valence-electron chi connectivity index (χ4n) is 5.15. The molecular formula is C22H27N5O3. The summed E-state index contributed by atoms with van der Waals surface area (Å²) in [6, 6.07) is 7.13. The number of piperazine rings is 1. The highest BCUT2D eigenvalue weighted by molar-refractivity contribution is 6.06. The average molecular weight is 409 g/mol. The van der Waals surface area contributed by atoms with Crippen molar-refractivity contribution in [1.82, 2.24) is 24.1 Å². The van der Waals surface area contributed by atoms with Gasteiger partial charge in [-0.1, -0.05) is 18.9 Å². The van der Waals surface area contributed by atoms with Crippen molar-refractivity contribution in [1.29, 1.82) is 0 Å². The maximum atomic E-state index is 12.9. The number of imide groups is 1. The summed E-state index contributed by atoms with van der Waals surface area (Å²) in [6.45, 7) is 4.24. The highest BCUT2D eigenvalue weighted by Gasteiger charge is 2.52. The van der Waals surface area contributed by atoms with Crippen LogP contribution in [-0.2, 0) is 16.1 Å². The van der Waals surface area contributed by atoms with Gasteiger partial charge in [-0.05, 0) is 25.0 Å². The van der Waals surface area contributed by atoms with Crippen LogP contribution in [0.3, 0.4) is 0 Å². The fraction of sp³-hybridized carbons (Fsp3) is 0.545. The third kappa shape index (κ3) is 3.44. The largest absolute Gasteiger partial charge is 0.295 e. The molecule has 0 aromatic carbocycles. The van der Waals surface area contributed by atoms with Crippen LogP contribution in [0.1, 0.15) is 37.8 Å². The Kier molecular flexibility index (Phi) is 4.91. The molecule has 2 aliphatic heterocycles. The molecule has 158 valence electrons. The van der Waals surface area contributed by atoms with Crippen LogP contribution in [0.4, 0.5) is 0 Å². The summed E-state index contributed by atoms with van der Waals surface area (Å²) >= 11 is 0. The summed E-state index contributed by atoms with van der Waals surface area (Å²) in [7, 11) is 0. The first kappa shape index (κ1) is 19.4. The minimum absolute atomic E-state index is 0.00910. The number of carbonyl (C=O) groups is 2. The van der Waals surface area contributed by atoms with E-state index in [1.54, 1.807) is 16.7 Å². The lowest BCUT2D eigenvalue weighted by Gasteiger charge is -2.36. The third-order valence-electron chi connectivity index (χ3n) is 6.87. The average Bonchev–Trinajstić information content (AvgIpc) is 3.30. The maximum Gasteiger partial charge on any atom is 0.258 e. The monoisotopic (exact) mass is 409 g/mol. The quantitative estimate of drug-likeness (QED) is 0.704. The summed E-state index contributed by atoms with van der Waals surface area (Å²) in [5.74, 6) is 0.0402. The third-order valence-corrected chi connectivity index (χ3v) is 6.87. The van der Waals surface area contributed by atoms with Gasteiger partial charge in [-0.3, -0.25) is 33.5 Å². The number of aromatic nitrogens is 2. The van der Waals surface area contributed by atoms with E-state index in [-0.39, 0.29) is 17.4 Å². The second-order valence-electron chi connectivity index (χ2n) is 8.84. The molecule has 0 bridgehead atoms. The van der Waals surface area contributed by atoms with Gasteiger partial charge < -0.3 is 0 Å². The Hall–Kier alpha value is -2.58. The molecule has 8 heteroatoms. The molecule has 1 saturated carbocycles. The van der Waals surface area contributed by atoms with Crippen LogP contribution in [0.5, 0.6) is 0 Å². The molecule has 2 saturated heterocycles. The summed E-state index contributed by atoms with van der Waals surface area (Å²) in [6.07, 6.45) is 5.95. The number of pyridine rings is 1. The molecule has 2 aromatic heterocycles. The molecule has 5 rings (SSSR count). The number of rotatable bonds is 4. The molecule has 2 amide bonds. The molecule has 2 aromatic rings. The molecule has 0 unspecified atom stereocenters. The lowest BCUT2D eigenvalue weighted by molar-refractivity contribution is -0.144. The summed E-state index contributed by atoms with van der Waals surface area (Å²) in [4.78, 5) is 48.2. The minimum Gasteiger partial charge on any atom is -0.295 e. The second-order valence-corrected chi connectivity index (χ2v) is 8.84. The number of carbonyl (C=O) groups excluding carboxylic acids is 2. The Morgan fingerprint density at radius 3 is 2.47 bits per heavy atom. The van der Waals surface area contributed by atoms with Gasteiger partial charge in [-0.2, -0.15) is 0 Å². The van der Waals surface area contributed by atoms with E-state index in [1.165, 1.54) is 4.90 Å². The summed E-state index contributed by atoms with van der Waals surface area (Å²) < 4.78 is 1.54. The Morgan fingerprint density at radius 2 is 1.70 bits per heavy atom. The van der Waals surface area contributed by atoms with Crippen LogP contribution in [-0.4, -0.2) is 68.7 Å². The standard InChI is InChI=1S/C22H27N5O3/c28-19-13-17(23-18-5-1-4-8-26(18)19)15-24-9-11-25(12-10-24)16-27-20(29)14-22(21(27)30)6-2-3-7-22/h1,4-5,8,13H,2-3,6-7,9-12,14-16H2. The van der Waals surface area contributed by atoms with Crippen molar-refractivity contribution in [2.45, 2.75) is 38.6 Å². The van der Waals surface area contributed by atoms with Gasteiger partial charge in [0.05, 0.1) is 17.8 Å². The molecule has 0 atom stereocenters. The molecule has 8 nitrogen and oxygen atoms in total. The first-order valence-electron chi connectivity index (χ1n) is 10.8. The Labute approximate surface area is 175 Å². The van der Waals surface area contributed by atoms with Crippen molar-refractivity contribution >= 4 is 17.5 Å². The van der Waals surface area contributed by atoms with Gasteiger partial charge in [0.1, 0.15) is 5.65 Å². The zero-order valence-electron chi connectivity index (χ0n) is 17.1. The molecule has 1 aliphatic carbocycles. The van der Waals surface area contributed by atoms with Crippen molar-refractivity contribution in [2.75, 3.05) is 32.8 Å². The van der Waals surface area contributed by atoms with Gasteiger partial charge >= 0.3 is 0 Å². The van der Waals surface area contributed by atoms with Crippen molar-refractivity contribution in [3.05, 3.63) is 46.5 Å². The lowest BCUT2D eigenvalue weighted by atomic mass is 9.85. The smallest absolute Gasteiger partial charge is 0.258 e. The fourth-order valence-corrected chi connectivity index (χ4v) is 5.15. The van der Waals surface area contributed by atoms with Crippen LogP contribution >= 0.6 is 0 Å². The van der Waals surface area contributed by atoms with Crippen LogP contribution < -0.4 is 5.56 Å². The molecule has 3 fully saturated rings. The van der Waals surface area contributed by atoms with Crippen molar-refractivity contribution in [3.63, 3.8) is 0 Å². The molecule has 0 N–H and O–H groups in total. The van der Waals surface area contributed by atoms with E-state index in [0.29, 0.717) is 25.3 Å². The number of likely N-dealkylation sites (tertiary alicyclic amines) is 1. The molecule has 1 spiro atoms. The highest BCUT2D eigenvalue weighted by Crippen LogP contribution is 2.46. The van der Waals surface area contributed by atoms with E-state index < -0.39 is 5.41 Å². The Bertz CT molecular complexity index is 1030. The molecular weight excluding hydrogens is 382 g/mol. The molecule has 0 radical (unpaired) electrons. The van der Waals surface area contributed by atoms with Crippen LogP contribution in [0, 0.1) is 5.41 Å². The molecule has 30 heavy (non-hydrogen) atoms. The Balaban J connectivity index is 1.19. The second kappa shape index (κ2) is 7.59. The summed E-state index contributed by atoms with van der Waals surface area (Å²) in [5.41, 5.74) is 0.966. The zero-order chi connectivity index (χ0) is 20.7. The predicted octanol–water partition coefficient (Wildman–Crippen LogP) is 1.09. The van der Waals surface area contributed by atoms with Gasteiger partial charge in [0.25, 0.3) is 5.56 Å². The van der Waals surface area contributed by atoms with Crippen LogP contribution in [0.25, 0.3) is 5.65 Å². The maximum absolute atomic E-state index is 12.9. The van der Waals surface area contributed by atoms with E-state index in [0.717, 1.165) is 57.6 Å². The first-order valence-corrected chi connectivity index (χ1v) is 10.8. The number of hydrogen-bond acceptors (Lipinski definition) is 6. The lowest BCUT2D eigenvalue weighted by Crippen LogP contribution is -2.51. The number of amides is 2. The number of nitrogens with zero attached hydrogens (tertiary/aromatic N) is 5. The summed E-state index contributed by atoms with van der Waals surface area (Å²) in [5, 5.41) is 0. The SMILES string of the molecule is O=C1CC2(CCCC2)C(=O)N1CN1CCN(Cc2cc(=O)n3ccccc3n2)CC1. The van der Waals surface area contributed by atoms with Crippen molar-refractivity contribution in [2.24, 2.45) is 5.41 Å². The van der Waals surface area contributed by atoms with E-state index >= 15 is 0 Å². The number of fused-ring (bicyclic) bond motifs is 1. The predicted molar refractivity (Wildman–Crippen MR) is 111 cm³/mol. The minimum atomic E-state index is -0.394. The van der Waals surface area contributed by atoms with Gasteiger partial charge in [-0.15, -0.1) is 0 Å². The first-order chi connectivity index (χ1) is 14.5. The van der Waals surface area contributed by atoms with Crippen LogP contribution in [0.2, 0.25) is 0 Å². The molecule has 4 heterocycles. The number of hydrogen-bond donors (Lipinski definition) is 0. The normalized spacial score (nSPS) is 22.6. The van der Waals surface area contributed by atoms with Gasteiger partial charge in [0.15, 0.2) is 0 Å².